The van der Waals surface area contributed by atoms with Crippen molar-refractivity contribution in [2.75, 3.05) is 18.9 Å². The topological polar surface area (TPSA) is 84.2 Å². The van der Waals surface area contributed by atoms with Gasteiger partial charge in [0.15, 0.2) is 0 Å². The van der Waals surface area contributed by atoms with Gasteiger partial charge in [0, 0.05) is 0 Å². The number of hydrogen-bond donors (Lipinski definition) is 3. The van der Waals surface area contributed by atoms with E-state index in [0.717, 1.165) is 0 Å². The lowest BCUT2D eigenvalue weighted by molar-refractivity contribution is 0.192. The summed E-state index contributed by atoms with van der Waals surface area (Å²) in [5.74, 6) is 0.452. The van der Waals surface area contributed by atoms with Gasteiger partial charge < -0.3 is 15.6 Å². The molecule has 0 atom stereocenters. The van der Waals surface area contributed by atoms with Crippen LogP contribution in [-0.4, -0.2) is 28.3 Å². The molecule has 56 valence electrons. The highest BCUT2D eigenvalue weighted by Crippen LogP contribution is 2.04. The Morgan fingerprint density at radius 3 is 3.10 bits per heavy atom. The second kappa shape index (κ2) is 3.07. The molecular formula is C5H9N3O2. The van der Waals surface area contributed by atoms with Gasteiger partial charge in [0.05, 0.1) is 12.8 Å². The van der Waals surface area contributed by atoms with E-state index in [1.54, 1.807) is 0 Å². The number of rotatable bonds is 3. The van der Waals surface area contributed by atoms with Crippen molar-refractivity contribution in [1.82, 2.24) is 9.97 Å². The van der Waals surface area contributed by atoms with Crippen LogP contribution in [0.2, 0.25) is 0 Å². The van der Waals surface area contributed by atoms with Crippen molar-refractivity contribution in [3.63, 3.8) is 0 Å². The summed E-state index contributed by atoms with van der Waals surface area (Å²) in [6.45, 7) is 0.202. The minimum atomic E-state index is -0.0272. The first-order valence-electron chi connectivity index (χ1n) is 2.87. The zero-order valence-corrected chi connectivity index (χ0v) is 5.37. The first-order valence-corrected chi connectivity index (χ1v) is 2.87. The van der Waals surface area contributed by atoms with E-state index in [1.807, 2.05) is 0 Å². The van der Waals surface area contributed by atoms with E-state index in [9.17, 15) is 0 Å². The number of anilines is 1. The van der Waals surface area contributed by atoms with Crippen molar-refractivity contribution in [1.29, 1.82) is 0 Å². The Bertz CT molecular complexity index is 199. The Labute approximate surface area is 57.8 Å². The summed E-state index contributed by atoms with van der Waals surface area (Å²) >= 11 is 0. The van der Waals surface area contributed by atoms with E-state index in [4.69, 9.17) is 15.6 Å². The van der Waals surface area contributed by atoms with Crippen molar-refractivity contribution in [3.05, 3.63) is 6.20 Å². The van der Waals surface area contributed by atoms with Gasteiger partial charge in [0.1, 0.15) is 12.4 Å². The van der Waals surface area contributed by atoms with Crippen LogP contribution in [-0.2, 0) is 0 Å². The number of nitrogens with zero attached hydrogens (tertiary/aromatic N) is 1. The van der Waals surface area contributed by atoms with Crippen LogP contribution in [0.5, 0.6) is 6.01 Å². The fourth-order valence-corrected chi connectivity index (χ4v) is 0.532. The number of aliphatic hydroxyl groups excluding tert-OH is 1. The van der Waals surface area contributed by atoms with E-state index in [0.29, 0.717) is 11.8 Å². The highest BCUT2D eigenvalue weighted by atomic mass is 16.5. The van der Waals surface area contributed by atoms with Crippen LogP contribution < -0.4 is 10.5 Å². The van der Waals surface area contributed by atoms with Gasteiger partial charge in [0.25, 0.3) is 6.01 Å². The average molecular weight is 143 g/mol. The minimum Gasteiger partial charge on any atom is -0.462 e. The molecule has 0 radical (unpaired) electrons. The van der Waals surface area contributed by atoms with E-state index in [-0.39, 0.29) is 13.2 Å². The van der Waals surface area contributed by atoms with Crippen molar-refractivity contribution in [2.24, 2.45) is 0 Å². The minimum absolute atomic E-state index is 0.0272. The molecule has 4 N–H and O–H groups in total. The van der Waals surface area contributed by atoms with Crippen molar-refractivity contribution in [3.8, 4) is 6.01 Å². The molecule has 0 fully saturated rings. The monoisotopic (exact) mass is 143 g/mol. The standard InChI is InChI=1S/C5H9N3O2/c6-4-3-7-5(8-4)10-2-1-9/h3,9H,1-2,6H2,(H,7,8). The Morgan fingerprint density at radius 1 is 1.80 bits per heavy atom. The fraction of sp³-hybridized carbons (Fsp3) is 0.400. The lowest BCUT2D eigenvalue weighted by Gasteiger charge is -1.96. The van der Waals surface area contributed by atoms with Crippen LogP contribution in [0.15, 0.2) is 6.20 Å². The second-order valence-corrected chi connectivity index (χ2v) is 1.72. The Morgan fingerprint density at radius 2 is 2.60 bits per heavy atom. The number of nitrogen functional groups attached to an aromatic ring is 1. The Kier molecular flexibility index (Phi) is 2.11. The fourth-order valence-electron chi connectivity index (χ4n) is 0.532. The molecule has 5 heteroatoms. The van der Waals surface area contributed by atoms with Gasteiger partial charge in [-0.2, -0.15) is 0 Å². The molecule has 1 heterocycles. The maximum absolute atomic E-state index is 8.34. The molecule has 0 bridgehead atoms. The van der Waals surface area contributed by atoms with E-state index < -0.39 is 0 Å². The van der Waals surface area contributed by atoms with Gasteiger partial charge >= 0.3 is 0 Å². The SMILES string of the molecule is Nc1cnc(OCCO)[nH]1. The number of imidazole rings is 1. The molecule has 0 spiro atoms. The number of nitrogens with one attached hydrogen (secondary N) is 1. The lowest BCUT2D eigenvalue weighted by Crippen LogP contribution is -2.02. The number of hydrogen-bond acceptors (Lipinski definition) is 4. The van der Waals surface area contributed by atoms with E-state index in [1.165, 1.54) is 6.20 Å². The quantitative estimate of drug-likeness (QED) is 0.525. The van der Waals surface area contributed by atoms with Gasteiger partial charge in [-0.25, -0.2) is 4.98 Å². The highest BCUT2D eigenvalue weighted by Gasteiger charge is 1.95. The third-order valence-corrected chi connectivity index (χ3v) is 0.902. The predicted molar refractivity (Wildman–Crippen MR) is 35.6 cm³/mol. The van der Waals surface area contributed by atoms with Gasteiger partial charge in [-0.3, -0.25) is 4.98 Å². The third kappa shape index (κ3) is 1.63. The zero-order chi connectivity index (χ0) is 7.40. The summed E-state index contributed by atoms with van der Waals surface area (Å²) in [6.07, 6.45) is 1.45. The first kappa shape index (κ1) is 6.88. The van der Waals surface area contributed by atoms with Gasteiger partial charge in [-0.15, -0.1) is 0 Å². The summed E-state index contributed by atoms with van der Waals surface area (Å²) in [7, 11) is 0. The van der Waals surface area contributed by atoms with Gasteiger partial charge in [-0.1, -0.05) is 0 Å². The number of aliphatic hydroxyl groups is 1. The molecule has 0 saturated carbocycles. The molecule has 0 aromatic carbocycles. The molecule has 1 aromatic rings. The summed E-state index contributed by atoms with van der Waals surface area (Å²) in [6, 6.07) is 0.339. The summed E-state index contributed by atoms with van der Waals surface area (Å²) in [5, 5.41) is 8.34. The molecule has 10 heavy (non-hydrogen) atoms. The number of aromatic nitrogens is 2. The molecule has 0 aliphatic heterocycles. The predicted octanol–water partition coefficient (Wildman–Crippen LogP) is -0.637. The van der Waals surface area contributed by atoms with Crippen molar-refractivity contribution in [2.45, 2.75) is 0 Å². The maximum atomic E-state index is 8.34. The van der Waals surface area contributed by atoms with Gasteiger partial charge in [0.2, 0.25) is 0 Å². The van der Waals surface area contributed by atoms with Crippen molar-refractivity contribution < 1.29 is 9.84 Å². The number of ether oxygens (including phenoxy) is 1. The van der Waals surface area contributed by atoms with Crippen LogP contribution in [0.4, 0.5) is 5.82 Å². The van der Waals surface area contributed by atoms with E-state index >= 15 is 0 Å². The maximum Gasteiger partial charge on any atom is 0.295 e. The highest BCUT2D eigenvalue weighted by molar-refractivity contribution is 5.26. The molecule has 0 aliphatic carbocycles. The van der Waals surface area contributed by atoms with E-state index in [2.05, 4.69) is 9.97 Å². The molecule has 0 unspecified atom stereocenters. The molecule has 1 aromatic heterocycles. The second-order valence-electron chi connectivity index (χ2n) is 1.72. The molecule has 0 amide bonds. The lowest BCUT2D eigenvalue weighted by atomic mass is 10.8. The van der Waals surface area contributed by atoms with Crippen LogP contribution >= 0.6 is 0 Å². The average Bonchev–Trinajstić information content (AvgIpc) is 2.31. The number of aromatic amines is 1. The zero-order valence-electron chi connectivity index (χ0n) is 5.37. The van der Waals surface area contributed by atoms with Crippen LogP contribution in [0.1, 0.15) is 0 Å². The third-order valence-electron chi connectivity index (χ3n) is 0.902. The normalized spacial score (nSPS) is 9.70. The molecule has 5 nitrogen and oxygen atoms in total. The molecule has 0 aliphatic rings. The number of H-pyrrole nitrogens is 1. The molecular weight excluding hydrogens is 134 g/mol. The number of nitrogens with two attached hydrogens (primary N) is 1. The Balaban J connectivity index is 2.42. The summed E-state index contributed by atoms with van der Waals surface area (Å²) < 4.78 is 4.88. The van der Waals surface area contributed by atoms with Crippen molar-refractivity contribution >= 4 is 5.82 Å². The van der Waals surface area contributed by atoms with Crippen LogP contribution in [0, 0.1) is 0 Å². The smallest absolute Gasteiger partial charge is 0.295 e. The van der Waals surface area contributed by atoms with Crippen LogP contribution in [0.3, 0.4) is 0 Å². The molecule has 0 saturated heterocycles. The van der Waals surface area contributed by atoms with Crippen LogP contribution in [0.25, 0.3) is 0 Å². The summed E-state index contributed by atoms with van der Waals surface area (Å²) in [4.78, 5) is 6.38. The summed E-state index contributed by atoms with van der Waals surface area (Å²) in [5.41, 5.74) is 5.29. The molecule has 1 rings (SSSR count). The largest absolute Gasteiger partial charge is 0.462 e. The first-order chi connectivity index (χ1) is 4.83. The van der Waals surface area contributed by atoms with Gasteiger partial charge in [-0.05, 0) is 0 Å². The Hall–Kier alpha value is -1.23.